The number of likely N-dealkylation sites (tertiary alicyclic amines) is 1. The lowest BCUT2D eigenvalue weighted by Crippen LogP contribution is -2.53. The highest BCUT2D eigenvalue weighted by Gasteiger charge is 2.37. The average Bonchev–Trinajstić information content (AvgIpc) is 2.94. The Morgan fingerprint density at radius 2 is 1.39 bits per heavy atom. The molecular formula is C30H32FN3O2. The predicted molar refractivity (Wildman–Crippen MR) is 138 cm³/mol. The van der Waals surface area contributed by atoms with E-state index in [1.807, 2.05) is 41.3 Å². The van der Waals surface area contributed by atoms with E-state index in [-0.39, 0.29) is 29.2 Å². The van der Waals surface area contributed by atoms with E-state index in [2.05, 4.69) is 29.2 Å². The first-order valence-electron chi connectivity index (χ1n) is 12.7. The summed E-state index contributed by atoms with van der Waals surface area (Å²) in [6, 6.07) is 26.5. The molecule has 2 heterocycles. The molecule has 2 amide bonds. The molecule has 0 spiro atoms. The summed E-state index contributed by atoms with van der Waals surface area (Å²) in [5.41, 5.74) is 2.44. The zero-order valence-electron chi connectivity index (χ0n) is 20.4. The van der Waals surface area contributed by atoms with Gasteiger partial charge in [0, 0.05) is 51.7 Å². The van der Waals surface area contributed by atoms with Crippen LogP contribution in [-0.4, -0.2) is 65.8 Å². The predicted octanol–water partition coefficient (Wildman–Crippen LogP) is 4.42. The van der Waals surface area contributed by atoms with Gasteiger partial charge in [-0.25, -0.2) is 4.39 Å². The quantitative estimate of drug-likeness (QED) is 0.538. The number of rotatable bonds is 5. The van der Waals surface area contributed by atoms with Gasteiger partial charge in [0.1, 0.15) is 5.82 Å². The maximum absolute atomic E-state index is 14.4. The molecule has 5 nitrogen and oxygen atoms in total. The van der Waals surface area contributed by atoms with Crippen LogP contribution in [0.15, 0.2) is 84.9 Å². The van der Waals surface area contributed by atoms with Crippen LogP contribution in [0.4, 0.5) is 4.39 Å². The molecule has 0 N–H and O–H groups in total. The van der Waals surface area contributed by atoms with Crippen molar-refractivity contribution in [2.75, 3.05) is 39.3 Å². The molecule has 186 valence electrons. The normalized spacial score (nSPS) is 20.8. The number of piperidine rings is 1. The van der Waals surface area contributed by atoms with Crippen molar-refractivity contribution in [2.45, 2.75) is 18.9 Å². The van der Waals surface area contributed by atoms with Gasteiger partial charge in [-0.1, -0.05) is 72.8 Å². The molecule has 2 fully saturated rings. The molecule has 2 aliphatic rings. The van der Waals surface area contributed by atoms with Crippen LogP contribution in [-0.2, 0) is 11.3 Å². The van der Waals surface area contributed by atoms with E-state index in [1.54, 1.807) is 17.0 Å². The number of carbonyl (C=O) groups excluding carboxylic acids is 2. The zero-order valence-corrected chi connectivity index (χ0v) is 20.4. The molecule has 6 heteroatoms. The Hall–Kier alpha value is -3.51. The van der Waals surface area contributed by atoms with Crippen LogP contribution in [0.5, 0.6) is 0 Å². The van der Waals surface area contributed by atoms with Gasteiger partial charge < -0.3 is 9.80 Å². The Balaban J connectivity index is 1.29. The largest absolute Gasteiger partial charge is 0.340 e. The van der Waals surface area contributed by atoms with Crippen molar-refractivity contribution in [3.8, 4) is 0 Å². The lowest BCUT2D eigenvalue weighted by Gasteiger charge is -2.41. The summed E-state index contributed by atoms with van der Waals surface area (Å²) in [6.45, 7) is 4.69. The van der Waals surface area contributed by atoms with Crippen molar-refractivity contribution < 1.29 is 14.0 Å². The van der Waals surface area contributed by atoms with Gasteiger partial charge in [0.15, 0.2) is 0 Å². The fourth-order valence-electron chi connectivity index (χ4n) is 5.44. The minimum absolute atomic E-state index is 0.0315. The fraction of sp³-hybridized carbons (Fsp3) is 0.333. The zero-order chi connectivity index (χ0) is 24.9. The van der Waals surface area contributed by atoms with Crippen LogP contribution in [0.3, 0.4) is 0 Å². The standard InChI is InChI=1S/C30H32FN3O2/c31-28-14-8-7-13-27(28)30(36)34-21-25(24-11-5-2-6-12-24)19-26(22-34)29(35)33-17-15-32(16-18-33)20-23-9-3-1-4-10-23/h1-14,25-26H,15-22H2. The Morgan fingerprint density at radius 1 is 0.750 bits per heavy atom. The van der Waals surface area contributed by atoms with E-state index >= 15 is 0 Å². The van der Waals surface area contributed by atoms with Crippen molar-refractivity contribution in [3.05, 3.63) is 107 Å². The van der Waals surface area contributed by atoms with Crippen LogP contribution < -0.4 is 0 Å². The van der Waals surface area contributed by atoms with E-state index in [0.717, 1.165) is 25.2 Å². The van der Waals surface area contributed by atoms with E-state index in [9.17, 15) is 14.0 Å². The number of nitrogens with zero attached hydrogens (tertiary/aromatic N) is 3. The molecule has 0 aromatic heterocycles. The SMILES string of the molecule is O=C(c1ccccc1F)N1CC(C(=O)N2CCN(Cc3ccccc3)CC2)CC(c2ccccc2)C1. The smallest absolute Gasteiger partial charge is 0.256 e. The lowest BCUT2D eigenvalue weighted by atomic mass is 9.83. The summed E-state index contributed by atoms with van der Waals surface area (Å²) < 4.78 is 14.4. The van der Waals surface area contributed by atoms with Crippen molar-refractivity contribution in [1.29, 1.82) is 0 Å². The minimum atomic E-state index is -0.526. The molecule has 2 unspecified atom stereocenters. The highest BCUT2D eigenvalue weighted by atomic mass is 19.1. The first-order chi connectivity index (χ1) is 17.6. The first-order valence-corrected chi connectivity index (χ1v) is 12.7. The number of hydrogen-bond donors (Lipinski definition) is 0. The van der Waals surface area contributed by atoms with Gasteiger partial charge in [-0.15, -0.1) is 0 Å². The van der Waals surface area contributed by atoms with Gasteiger partial charge in [0.05, 0.1) is 11.5 Å². The number of hydrogen-bond acceptors (Lipinski definition) is 3. The van der Waals surface area contributed by atoms with Crippen LogP contribution in [0.25, 0.3) is 0 Å². The van der Waals surface area contributed by atoms with Crippen molar-refractivity contribution in [1.82, 2.24) is 14.7 Å². The number of piperazine rings is 1. The molecule has 3 aromatic carbocycles. The molecule has 3 aromatic rings. The Labute approximate surface area is 212 Å². The average molecular weight is 486 g/mol. The highest BCUT2D eigenvalue weighted by Crippen LogP contribution is 2.32. The van der Waals surface area contributed by atoms with E-state index < -0.39 is 5.82 Å². The Kier molecular flexibility index (Phi) is 7.42. The van der Waals surface area contributed by atoms with Gasteiger partial charge in [-0.2, -0.15) is 0 Å². The van der Waals surface area contributed by atoms with Crippen molar-refractivity contribution >= 4 is 11.8 Å². The lowest BCUT2D eigenvalue weighted by molar-refractivity contribution is -0.139. The summed E-state index contributed by atoms with van der Waals surface area (Å²) in [7, 11) is 0. The Bertz CT molecular complexity index is 1180. The van der Waals surface area contributed by atoms with Gasteiger partial charge in [-0.3, -0.25) is 14.5 Å². The first kappa shape index (κ1) is 24.2. The molecule has 2 saturated heterocycles. The third-order valence-electron chi connectivity index (χ3n) is 7.40. The van der Waals surface area contributed by atoms with E-state index in [4.69, 9.17) is 0 Å². The number of carbonyl (C=O) groups is 2. The topological polar surface area (TPSA) is 43.9 Å². The maximum atomic E-state index is 14.4. The van der Waals surface area contributed by atoms with Crippen LogP contribution in [0.2, 0.25) is 0 Å². The third kappa shape index (κ3) is 5.49. The summed E-state index contributed by atoms with van der Waals surface area (Å²) in [4.78, 5) is 33.0. The molecule has 0 radical (unpaired) electrons. The molecule has 0 aliphatic carbocycles. The van der Waals surface area contributed by atoms with Crippen LogP contribution in [0, 0.1) is 11.7 Å². The van der Waals surface area contributed by atoms with Gasteiger partial charge in [-0.05, 0) is 29.7 Å². The second-order valence-corrected chi connectivity index (χ2v) is 9.82. The molecule has 36 heavy (non-hydrogen) atoms. The van der Waals surface area contributed by atoms with Crippen molar-refractivity contribution in [3.63, 3.8) is 0 Å². The minimum Gasteiger partial charge on any atom is -0.340 e. The second-order valence-electron chi connectivity index (χ2n) is 9.82. The second kappa shape index (κ2) is 11.0. The van der Waals surface area contributed by atoms with Crippen LogP contribution in [0.1, 0.15) is 33.8 Å². The summed E-state index contributed by atoms with van der Waals surface area (Å²) in [6.07, 6.45) is 0.689. The molecule has 5 rings (SSSR count). The van der Waals surface area contributed by atoms with Gasteiger partial charge in [0.2, 0.25) is 5.91 Å². The molecule has 2 atom stereocenters. The number of amides is 2. The monoisotopic (exact) mass is 485 g/mol. The fourth-order valence-corrected chi connectivity index (χ4v) is 5.44. The van der Waals surface area contributed by atoms with Gasteiger partial charge >= 0.3 is 0 Å². The van der Waals surface area contributed by atoms with Crippen molar-refractivity contribution in [2.24, 2.45) is 5.92 Å². The molecule has 0 saturated carbocycles. The summed E-state index contributed by atoms with van der Waals surface area (Å²) in [5.74, 6) is -1.05. The molecular weight excluding hydrogens is 453 g/mol. The molecule has 0 bridgehead atoms. The van der Waals surface area contributed by atoms with Crippen LogP contribution >= 0.6 is 0 Å². The van der Waals surface area contributed by atoms with Gasteiger partial charge in [0.25, 0.3) is 5.91 Å². The maximum Gasteiger partial charge on any atom is 0.256 e. The summed E-state index contributed by atoms with van der Waals surface area (Å²) >= 11 is 0. The molecule has 2 aliphatic heterocycles. The third-order valence-corrected chi connectivity index (χ3v) is 7.40. The van der Waals surface area contributed by atoms with E-state index in [1.165, 1.54) is 17.7 Å². The highest BCUT2D eigenvalue weighted by molar-refractivity contribution is 5.95. The number of benzene rings is 3. The van der Waals surface area contributed by atoms with E-state index in [0.29, 0.717) is 32.6 Å². The number of halogens is 1. The Morgan fingerprint density at radius 3 is 2.08 bits per heavy atom. The summed E-state index contributed by atoms with van der Waals surface area (Å²) in [5, 5.41) is 0.